The molecule has 1 fully saturated rings. The molecule has 3 atom stereocenters. The molecular formula is C26H29NO7. The number of fused-ring (bicyclic) bond motifs is 1. The van der Waals surface area contributed by atoms with Gasteiger partial charge in [-0.3, -0.25) is 9.59 Å². The van der Waals surface area contributed by atoms with E-state index in [0.29, 0.717) is 40.3 Å². The Morgan fingerprint density at radius 3 is 2.59 bits per heavy atom. The van der Waals surface area contributed by atoms with Crippen LogP contribution in [0.5, 0.6) is 11.5 Å². The summed E-state index contributed by atoms with van der Waals surface area (Å²) in [4.78, 5) is 39.8. The fourth-order valence-electron chi connectivity index (χ4n) is 5.60. The number of allylic oxidation sites excluding steroid dienone is 3. The number of rotatable bonds is 4. The summed E-state index contributed by atoms with van der Waals surface area (Å²) in [6, 6.07) is 5.42. The molecule has 0 amide bonds. The van der Waals surface area contributed by atoms with E-state index in [1.807, 2.05) is 19.9 Å². The minimum absolute atomic E-state index is 0.116. The van der Waals surface area contributed by atoms with E-state index in [9.17, 15) is 14.4 Å². The first kappa shape index (κ1) is 22.5. The van der Waals surface area contributed by atoms with Crippen LogP contribution in [0.15, 0.2) is 40.7 Å². The van der Waals surface area contributed by atoms with Gasteiger partial charge in [0.1, 0.15) is 12.0 Å². The number of nitrogens with one attached hydrogen (secondary N) is 1. The minimum Gasteiger partial charge on any atom is -0.468 e. The number of dihydropyridines is 1. The molecule has 2 aliphatic carbocycles. The van der Waals surface area contributed by atoms with Crippen LogP contribution in [0.3, 0.4) is 0 Å². The predicted octanol–water partition coefficient (Wildman–Crippen LogP) is 3.51. The van der Waals surface area contributed by atoms with Gasteiger partial charge in [0.05, 0.1) is 12.7 Å². The van der Waals surface area contributed by atoms with Gasteiger partial charge in [-0.15, -0.1) is 0 Å². The van der Waals surface area contributed by atoms with E-state index in [-0.39, 0.29) is 24.6 Å². The van der Waals surface area contributed by atoms with E-state index in [0.717, 1.165) is 31.4 Å². The molecule has 180 valence electrons. The van der Waals surface area contributed by atoms with Gasteiger partial charge < -0.3 is 24.3 Å². The molecule has 1 aromatic rings. The van der Waals surface area contributed by atoms with Gasteiger partial charge in [0.25, 0.3) is 0 Å². The van der Waals surface area contributed by atoms with Crippen molar-refractivity contribution in [1.29, 1.82) is 0 Å². The second-order valence-electron chi connectivity index (χ2n) is 9.46. The number of ketones is 1. The van der Waals surface area contributed by atoms with Crippen molar-refractivity contribution in [2.75, 3.05) is 13.9 Å². The Bertz CT molecular complexity index is 1110. The third kappa shape index (κ3) is 3.75. The van der Waals surface area contributed by atoms with E-state index in [2.05, 4.69) is 5.32 Å². The van der Waals surface area contributed by atoms with Gasteiger partial charge in [-0.2, -0.15) is 0 Å². The first-order valence-corrected chi connectivity index (χ1v) is 11.8. The van der Waals surface area contributed by atoms with Crippen LogP contribution in [0.25, 0.3) is 0 Å². The molecule has 1 aromatic carbocycles. The summed E-state index contributed by atoms with van der Waals surface area (Å²) < 4.78 is 21.9. The molecule has 0 unspecified atom stereocenters. The Morgan fingerprint density at radius 2 is 1.85 bits per heavy atom. The lowest BCUT2D eigenvalue weighted by molar-refractivity contribution is -0.151. The van der Waals surface area contributed by atoms with Crippen LogP contribution >= 0.6 is 0 Å². The summed E-state index contributed by atoms with van der Waals surface area (Å²) in [5.41, 5.74) is 2.89. The van der Waals surface area contributed by atoms with Gasteiger partial charge in [-0.05, 0) is 62.6 Å². The molecule has 5 rings (SSSR count). The Hall–Kier alpha value is -3.29. The molecule has 0 spiro atoms. The third-order valence-electron chi connectivity index (χ3n) is 7.27. The van der Waals surface area contributed by atoms with Gasteiger partial charge in [0.2, 0.25) is 6.79 Å². The lowest BCUT2D eigenvalue weighted by Gasteiger charge is -2.38. The first-order chi connectivity index (χ1) is 16.4. The average Bonchev–Trinajstić information content (AvgIpc) is 3.49. The molecule has 0 radical (unpaired) electrons. The molecule has 0 saturated heterocycles. The van der Waals surface area contributed by atoms with E-state index in [1.54, 1.807) is 12.1 Å². The Kier molecular flexibility index (Phi) is 5.83. The van der Waals surface area contributed by atoms with Crippen LogP contribution in [-0.2, 0) is 23.9 Å². The second-order valence-corrected chi connectivity index (χ2v) is 9.46. The number of hydrogen-bond donors (Lipinski definition) is 1. The fourth-order valence-corrected chi connectivity index (χ4v) is 5.60. The number of benzene rings is 1. The lowest BCUT2D eigenvalue weighted by atomic mass is 9.69. The van der Waals surface area contributed by atoms with Crippen molar-refractivity contribution < 1.29 is 33.3 Å². The number of carbonyl (C=O) groups excluding carboxylic acids is 3. The topological polar surface area (TPSA) is 100 Å². The van der Waals surface area contributed by atoms with Crippen molar-refractivity contribution >= 4 is 17.7 Å². The van der Waals surface area contributed by atoms with Crippen molar-refractivity contribution in [3.8, 4) is 11.5 Å². The SMILES string of the molecule is COC(=O)[C@H]1C(=O)C2=C(C[C@H]1C)NC(C)=C(C(=O)OC1CCCC1)[C@@H]2c1ccc2c(c1)OCO2. The summed E-state index contributed by atoms with van der Waals surface area (Å²) in [7, 11) is 1.29. The lowest BCUT2D eigenvalue weighted by Crippen LogP contribution is -2.43. The van der Waals surface area contributed by atoms with E-state index >= 15 is 0 Å². The maximum absolute atomic E-state index is 13.8. The van der Waals surface area contributed by atoms with Gasteiger partial charge in [-0.25, -0.2) is 4.79 Å². The number of esters is 2. The summed E-state index contributed by atoms with van der Waals surface area (Å²) in [6.45, 7) is 3.81. The van der Waals surface area contributed by atoms with Gasteiger partial charge in [-0.1, -0.05) is 13.0 Å². The van der Waals surface area contributed by atoms with E-state index < -0.39 is 23.8 Å². The van der Waals surface area contributed by atoms with Crippen LogP contribution in [0.4, 0.5) is 0 Å². The number of ether oxygens (including phenoxy) is 4. The van der Waals surface area contributed by atoms with Crippen molar-refractivity contribution in [3.63, 3.8) is 0 Å². The highest BCUT2D eigenvalue weighted by Crippen LogP contribution is 2.47. The smallest absolute Gasteiger partial charge is 0.337 e. The monoisotopic (exact) mass is 467 g/mol. The number of hydrogen-bond acceptors (Lipinski definition) is 8. The molecule has 1 saturated carbocycles. The molecular weight excluding hydrogens is 438 g/mol. The van der Waals surface area contributed by atoms with E-state index in [1.165, 1.54) is 7.11 Å². The van der Waals surface area contributed by atoms with E-state index in [4.69, 9.17) is 18.9 Å². The summed E-state index contributed by atoms with van der Waals surface area (Å²) in [6.07, 6.45) is 4.12. The molecule has 8 nitrogen and oxygen atoms in total. The van der Waals surface area contributed by atoms with Crippen LogP contribution in [0.1, 0.15) is 57.4 Å². The zero-order valence-corrected chi connectivity index (χ0v) is 19.6. The highest BCUT2D eigenvalue weighted by Gasteiger charge is 2.47. The Morgan fingerprint density at radius 1 is 1.12 bits per heavy atom. The minimum atomic E-state index is -0.924. The second kappa shape index (κ2) is 8.81. The molecule has 0 aromatic heterocycles. The third-order valence-corrected chi connectivity index (χ3v) is 7.27. The first-order valence-electron chi connectivity index (χ1n) is 11.8. The molecule has 4 aliphatic rings. The number of Topliss-reactive ketones (excluding diaryl/α,β-unsaturated/α-hetero) is 1. The van der Waals surface area contributed by atoms with Crippen molar-refractivity contribution in [1.82, 2.24) is 5.32 Å². The molecule has 2 aliphatic heterocycles. The van der Waals surface area contributed by atoms with Crippen LogP contribution in [-0.4, -0.2) is 37.7 Å². The quantitative estimate of drug-likeness (QED) is 0.530. The normalized spacial score (nSPS) is 26.3. The maximum atomic E-state index is 13.8. The summed E-state index contributed by atoms with van der Waals surface area (Å²) in [5, 5.41) is 3.29. The standard InChI is InChI=1S/C26H29NO7/c1-13-10-17-23(24(28)20(13)25(29)31-3)22(15-8-9-18-19(11-15)33-12-32-18)21(14(2)27-17)26(30)34-16-6-4-5-7-16/h8-9,11,13,16,20,22,27H,4-7,10,12H2,1-3H3/t13-,20-,22+/m1/s1. The van der Waals surface area contributed by atoms with Crippen LogP contribution < -0.4 is 14.8 Å². The highest BCUT2D eigenvalue weighted by atomic mass is 16.7. The van der Waals surface area contributed by atoms with Crippen molar-refractivity contribution in [3.05, 3.63) is 46.3 Å². The molecule has 0 bridgehead atoms. The Balaban J connectivity index is 1.60. The van der Waals surface area contributed by atoms with Gasteiger partial charge in [0.15, 0.2) is 17.3 Å². The molecule has 34 heavy (non-hydrogen) atoms. The average molecular weight is 468 g/mol. The van der Waals surface area contributed by atoms with Crippen molar-refractivity contribution in [2.45, 2.75) is 58.0 Å². The van der Waals surface area contributed by atoms with Crippen LogP contribution in [0, 0.1) is 11.8 Å². The molecule has 2 heterocycles. The fraction of sp³-hybridized carbons (Fsp3) is 0.500. The summed E-state index contributed by atoms with van der Waals surface area (Å²) in [5.74, 6) is -2.00. The Labute approximate surface area is 198 Å². The van der Waals surface area contributed by atoms with Crippen molar-refractivity contribution in [2.24, 2.45) is 11.8 Å². The molecule has 1 N–H and O–H groups in total. The van der Waals surface area contributed by atoms with Crippen LogP contribution in [0.2, 0.25) is 0 Å². The summed E-state index contributed by atoms with van der Waals surface area (Å²) >= 11 is 0. The largest absolute Gasteiger partial charge is 0.468 e. The maximum Gasteiger partial charge on any atom is 0.337 e. The zero-order valence-electron chi connectivity index (χ0n) is 19.6. The van der Waals surface area contributed by atoms with Gasteiger partial charge in [0, 0.05) is 22.9 Å². The zero-order chi connectivity index (χ0) is 24.0. The van der Waals surface area contributed by atoms with Gasteiger partial charge >= 0.3 is 11.9 Å². The number of carbonyl (C=O) groups is 3. The number of methoxy groups -OCH3 is 1. The molecule has 8 heteroatoms. The predicted molar refractivity (Wildman–Crippen MR) is 121 cm³/mol. The highest BCUT2D eigenvalue weighted by molar-refractivity contribution is 6.12.